The molecule has 21 heavy (non-hydrogen) atoms. The van der Waals surface area contributed by atoms with Crippen LogP contribution in [0.25, 0.3) is 0 Å². The van der Waals surface area contributed by atoms with Gasteiger partial charge < -0.3 is 10.1 Å². The third kappa shape index (κ3) is 4.37. The first-order valence-corrected chi connectivity index (χ1v) is 8.86. The highest BCUT2D eigenvalue weighted by Gasteiger charge is 2.35. The lowest BCUT2D eigenvalue weighted by Gasteiger charge is -2.28. The van der Waals surface area contributed by atoms with Crippen molar-refractivity contribution >= 4 is 33.8 Å². The van der Waals surface area contributed by atoms with E-state index in [2.05, 4.69) is 15.0 Å². The second-order valence-electron chi connectivity index (χ2n) is 5.17. The third-order valence-corrected chi connectivity index (χ3v) is 6.54. The van der Waals surface area contributed by atoms with Gasteiger partial charge in [0, 0.05) is 13.7 Å². The van der Waals surface area contributed by atoms with E-state index in [4.69, 9.17) is 4.74 Å². The summed E-state index contributed by atoms with van der Waals surface area (Å²) < 4.78 is 32.9. The molecule has 1 aromatic heterocycles. The molecule has 0 aromatic carbocycles. The van der Waals surface area contributed by atoms with Crippen LogP contribution in [0, 0.1) is 13.8 Å². The number of nitrogens with one attached hydrogen (secondary N) is 2. The van der Waals surface area contributed by atoms with Crippen LogP contribution in [0.15, 0.2) is 4.21 Å². The normalized spacial score (nSPS) is 22.2. The molecule has 0 aliphatic carbocycles. The zero-order valence-electron chi connectivity index (χ0n) is 12.4. The number of aromatic nitrogens is 1. The van der Waals surface area contributed by atoms with Crippen LogP contribution in [0.3, 0.4) is 0 Å². The average Bonchev–Trinajstić information content (AvgIpc) is 2.95. The molecule has 2 N–H and O–H groups in total. The number of thiazole rings is 1. The molecule has 0 spiro atoms. The Hall–Kier alpha value is -0.250. The topological polar surface area (TPSA) is 80.3 Å². The first-order valence-electron chi connectivity index (χ1n) is 6.56. The predicted octanol–water partition coefficient (Wildman–Crippen LogP) is 1.23. The summed E-state index contributed by atoms with van der Waals surface area (Å²) in [7, 11) is -1.87. The standard InChI is InChI=1S/C12H21N3O3S2.ClH/c1-9-11(19-10(2)15-9)20(16,17)14-7-12(8-18-3)5-4-6-13-12;/h13-14H,4-8H2,1-3H3;1H. The number of ether oxygens (including phenoxy) is 1. The van der Waals surface area contributed by atoms with Crippen molar-refractivity contribution in [2.24, 2.45) is 0 Å². The highest BCUT2D eigenvalue weighted by atomic mass is 35.5. The van der Waals surface area contributed by atoms with Crippen LogP contribution >= 0.6 is 23.7 Å². The number of methoxy groups -OCH3 is 1. The SMILES string of the molecule is COCC1(CNS(=O)(=O)c2sc(C)nc2C)CCCN1.Cl. The molecule has 1 aliphatic heterocycles. The molecular weight excluding hydrogens is 334 g/mol. The van der Waals surface area contributed by atoms with Gasteiger partial charge in [0.1, 0.15) is 0 Å². The smallest absolute Gasteiger partial charge is 0.252 e. The van der Waals surface area contributed by atoms with Crippen LogP contribution < -0.4 is 10.0 Å². The lowest BCUT2D eigenvalue weighted by molar-refractivity contribution is 0.122. The van der Waals surface area contributed by atoms with Gasteiger partial charge in [-0.2, -0.15) is 0 Å². The van der Waals surface area contributed by atoms with E-state index in [1.807, 2.05) is 6.92 Å². The molecule has 1 atom stereocenters. The molecule has 1 unspecified atom stereocenters. The Morgan fingerprint density at radius 2 is 2.19 bits per heavy atom. The predicted molar refractivity (Wildman–Crippen MR) is 85.9 cm³/mol. The quantitative estimate of drug-likeness (QED) is 0.802. The highest BCUT2D eigenvalue weighted by molar-refractivity contribution is 7.91. The van der Waals surface area contributed by atoms with Crippen LogP contribution in [-0.2, 0) is 14.8 Å². The molecule has 0 radical (unpaired) electrons. The van der Waals surface area contributed by atoms with Crippen molar-refractivity contribution in [1.82, 2.24) is 15.0 Å². The molecule has 1 aliphatic rings. The fourth-order valence-electron chi connectivity index (χ4n) is 2.53. The lowest BCUT2D eigenvalue weighted by atomic mass is 9.99. The molecule has 1 aromatic rings. The molecule has 6 nitrogen and oxygen atoms in total. The first-order chi connectivity index (χ1) is 9.38. The maximum absolute atomic E-state index is 12.4. The fraction of sp³-hybridized carbons (Fsp3) is 0.750. The highest BCUT2D eigenvalue weighted by Crippen LogP contribution is 2.24. The summed E-state index contributed by atoms with van der Waals surface area (Å²) in [5.41, 5.74) is 0.260. The van der Waals surface area contributed by atoms with Crippen LogP contribution in [-0.4, -0.2) is 45.7 Å². The summed E-state index contributed by atoms with van der Waals surface area (Å²) in [6, 6.07) is 0. The number of hydrogen-bond donors (Lipinski definition) is 2. The maximum atomic E-state index is 12.4. The molecular formula is C12H22ClN3O3S2. The van der Waals surface area contributed by atoms with E-state index in [9.17, 15) is 8.42 Å². The van der Waals surface area contributed by atoms with Gasteiger partial charge in [-0.25, -0.2) is 18.1 Å². The molecule has 0 saturated carbocycles. The van der Waals surface area contributed by atoms with E-state index in [-0.39, 0.29) is 17.9 Å². The number of nitrogens with zero attached hydrogens (tertiary/aromatic N) is 1. The van der Waals surface area contributed by atoms with Gasteiger partial charge in [0.25, 0.3) is 10.0 Å². The van der Waals surface area contributed by atoms with Gasteiger partial charge in [-0.05, 0) is 33.2 Å². The summed E-state index contributed by atoms with van der Waals surface area (Å²) in [5.74, 6) is 0. The number of rotatable bonds is 6. The van der Waals surface area contributed by atoms with Gasteiger partial charge in [-0.15, -0.1) is 23.7 Å². The number of aryl methyl sites for hydroxylation is 2. The Morgan fingerprint density at radius 3 is 2.67 bits per heavy atom. The summed E-state index contributed by atoms with van der Waals surface area (Å²) in [6.45, 7) is 5.25. The van der Waals surface area contributed by atoms with Crippen molar-refractivity contribution in [3.8, 4) is 0 Å². The average molecular weight is 356 g/mol. The Labute approximate surface area is 136 Å². The molecule has 0 bridgehead atoms. The second-order valence-corrected chi connectivity index (χ2v) is 8.34. The van der Waals surface area contributed by atoms with E-state index >= 15 is 0 Å². The Kier molecular flexibility index (Phi) is 6.57. The van der Waals surface area contributed by atoms with Crippen LogP contribution in [0.5, 0.6) is 0 Å². The van der Waals surface area contributed by atoms with Crippen LogP contribution in [0.1, 0.15) is 23.5 Å². The van der Waals surface area contributed by atoms with Crippen LogP contribution in [0.4, 0.5) is 0 Å². The van der Waals surface area contributed by atoms with E-state index in [0.717, 1.165) is 24.4 Å². The largest absolute Gasteiger partial charge is 0.383 e. The monoisotopic (exact) mass is 355 g/mol. The number of hydrogen-bond acceptors (Lipinski definition) is 6. The van der Waals surface area contributed by atoms with Crippen molar-refractivity contribution < 1.29 is 13.2 Å². The Morgan fingerprint density at radius 1 is 1.48 bits per heavy atom. The van der Waals surface area contributed by atoms with Crippen molar-refractivity contribution in [3.05, 3.63) is 10.7 Å². The van der Waals surface area contributed by atoms with Gasteiger partial charge in [0.2, 0.25) is 0 Å². The molecule has 0 amide bonds. The minimum absolute atomic E-state index is 0. The molecule has 1 saturated heterocycles. The Bertz CT molecular complexity index is 568. The maximum Gasteiger partial charge on any atom is 0.252 e. The van der Waals surface area contributed by atoms with E-state index in [0.29, 0.717) is 23.1 Å². The Balaban J connectivity index is 0.00000220. The summed E-state index contributed by atoms with van der Waals surface area (Å²) in [4.78, 5) is 4.17. The van der Waals surface area contributed by atoms with E-state index < -0.39 is 10.0 Å². The van der Waals surface area contributed by atoms with E-state index in [1.165, 1.54) is 11.3 Å². The van der Waals surface area contributed by atoms with Crippen molar-refractivity contribution in [2.45, 2.75) is 36.4 Å². The minimum atomic E-state index is -3.50. The van der Waals surface area contributed by atoms with Crippen molar-refractivity contribution in [1.29, 1.82) is 0 Å². The van der Waals surface area contributed by atoms with Gasteiger partial charge in [-0.1, -0.05) is 0 Å². The third-order valence-electron chi connectivity index (χ3n) is 3.46. The molecule has 2 rings (SSSR count). The molecule has 122 valence electrons. The van der Waals surface area contributed by atoms with Gasteiger partial charge >= 0.3 is 0 Å². The van der Waals surface area contributed by atoms with Crippen molar-refractivity contribution in [2.75, 3.05) is 26.8 Å². The summed E-state index contributed by atoms with van der Waals surface area (Å²) in [6.07, 6.45) is 1.94. The fourth-order valence-corrected chi connectivity index (χ4v) is 5.18. The van der Waals surface area contributed by atoms with Crippen LogP contribution in [0.2, 0.25) is 0 Å². The van der Waals surface area contributed by atoms with E-state index in [1.54, 1.807) is 14.0 Å². The molecule has 1 fully saturated rings. The van der Waals surface area contributed by atoms with Crippen molar-refractivity contribution in [3.63, 3.8) is 0 Å². The number of sulfonamides is 1. The zero-order chi connectivity index (χ0) is 14.8. The van der Waals surface area contributed by atoms with Gasteiger partial charge in [0.15, 0.2) is 4.21 Å². The minimum Gasteiger partial charge on any atom is -0.383 e. The summed E-state index contributed by atoms with van der Waals surface area (Å²) >= 11 is 1.20. The molecule has 9 heteroatoms. The second kappa shape index (κ2) is 7.34. The lowest BCUT2D eigenvalue weighted by Crippen LogP contribution is -2.52. The van der Waals surface area contributed by atoms with Gasteiger partial charge in [-0.3, -0.25) is 0 Å². The summed E-state index contributed by atoms with van der Waals surface area (Å²) in [5, 5.41) is 4.11. The first kappa shape index (κ1) is 18.8. The zero-order valence-corrected chi connectivity index (χ0v) is 14.9. The van der Waals surface area contributed by atoms with Gasteiger partial charge in [0.05, 0.1) is 22.8 Å². The molecule has 2 heterocycles. The number of halogens is 1.